The Labute approximate surface area is 210 Å². The molecule has 0 bridgehead atoms. The number of furan rings is 1. The van der Waals surface area contributed by atoms with Crippen LogP contribution in [0.25, 0.3) is 16.8 Å². The first kappa shape index (κ1) is 25.1. The molecule has 36 heavy (non-hydrogen) atoms. The van der Waals surface area contributed by atoms with Crippen molar-refractivity contribution in [2.75, 3.05) is 0 Å². The summed E-state index contributed by atoms with van der Waals surface area (Å²) in [6, 6.07) is 11.1. The van der Waals surface area contributed by atoms with Crippen LogP contribution in [0.2, 0.25) is 5.15 Å². The lowest BCUT2D eigenvalue weighted by Gasteiger charge is -2.19. The average molecular weight is 512 g/mol. The van der Waals surface area contributed by atoms with Crippen molar-refractivity contribution in [3.63, 3.8) is 0 Å². The fourth-order valence-electron chi connectivity index (χ4n) is 3.74. The number of fused-ring (bicyclic) bond motifs is 1. The molecule has 0 aliphatic heterocycles. The molecule has 0 saturated heterocycles. The molecule has 4 rings (SSSR count). The van der Waals surface area contributed by atoms with Gasteiger partial charge in [-0.3, -0.25) is 9.20 Å². The first-order chi connectivity index (χ1) is 17.2. The van der Waals surface area contributed by atoms with Crippen LogP contribution in [0.1, 0.15) is 34.6 Å². The second-order valence-corrected chi connectivity index (χ2v) is 8.30. The van der Waals surface area contributed by atoms with Crippen molar-refractivity contribution >= 4 is 23.2 Å². The van der Waals surface area contributed by atoms with Gasteiger partial charge in [-0.2, -0.15) is 13.2 Å². The van der Waals surface area contributed by atoms with E-state index in [2.05, 4.69) is 16.9 Å². The standard InChI is InChI=1S/C27H21ClF3N3O2/c1-3-4-6-9-17(2)22(18-10-7-5-8-11-18)33-26(35)23-24(28)34-15-20(19-12-13-36-16-19)14-21(25(34)32-23)27(29,30)31/h3-16,22H,1H2,2H3,(H,33,35)/b6-4-,17-9+. The third kappa shape index (κ3) is 5.13. The highest BCUT2D eigenvalue weighted by atomic mass is 35.5. The Kier molecular flexibility index (Phi) is 7.17. The zero-order chi connectivity index (χ0) is 25.9. The number of halogens is 4. The quantitative estimate of drug-likeness (QED) is 0.262. The van der Waals surface area contributed by atoms with Gasteiger partial charge >= 0.3 is 6.18 Å². The number of pyridine rings is 1. The molecule has 1 amide bonds. The van der Waals surface area contributed by atoms with E-state index in [1.165, 1.54) is 24.8 Å². The number of carbonyl (C=O) groups excluding carboxylic acids is 1. The van der Waals surface area contributed by atoms with Gasteiger partial charge in [0.15, 0.2) is 11.3 Å². The minimum atomic E-state index is -4.73. The van der Waals surface area contributed by atoms with Gasteiger partial charge in [0, 0.05) is 17.3 Å². The van der Waals surface area contributed by atoms with Crippen LogP contribution in [-0.2, 0) is 6.18 Å². The number of alkyl halides is 3. The largest absolute Gasteiger partial charge is 0.472 e. The number of rotatable bonds is 7. The SMILES string of the molecule is C=C/C=C\C=C(/C)C(NC(=O)c1nc2c(C(F)(F)F)cc(-c3ccoc3)cn2c1Cl)c1ccccc1. The van der Waals surface area contributed by atoms with Crippen molar-refractivity contribution in [1.82, 2.24) is 14.7 Å². The molecular weight excluding hydrogens is 491 g/mol. The van der Waals surface area contributed by atoms with Crippen LogP contribution in [-0.4, -0.2) is 15.3 Å². The average Bonchev–Trinajstić information content (AvgIpc) is 3.50. The van der Waals surface area contributed by atoms with E-state index in [9.17, 15) is 18.0 Å². The van der Waals surface area contributed by atoms with E-state index in [-0.39, 0.29) is 16.4 Å². The molecule has 3 aromatic heterocycles. The van der Waals surface area contributed by atoms with Crippen LogP contribution in [0.3, 0.4) is 0 Å². The molecular formula is C27H21ClF3N3O2. The predicted octanol–water partition coefficient (Wildman–Crippen LogP) is 7.43. The summed E-state index contributed by atoms with van der Waals surface area (Å²) >= 11 is 6.43. The van der Waals surface area contributed by atoms with Gasteiger partial charge in [0.25, 0.3) is 5.91 Å². The Morgan fingerprint density at radius 3 is 2.58 bits per heavy atom. The van der Waals surface area contributed by atoms with Crippen LogP contribution in [0.4, 0.5) is 13.2 Å². The molecule has 0 radical (unpaired) electrons. The maximum absolute atomic E-state index is 13.9. The molecule has 1 N–H and O–H groups in total. The fraction of sp³-hybridized carbons (Fsp3) is 0.111. The molecule has 3 heterocycles. The van der Waals surface area contributed by atoms with Crippen LogP contribution in [0, 0.1) is 0 Å². The Bertz CT molecular complexity index is 1450. The molecule has 0 spiro atoms. The summed E-state index contributed by atoms with van der Waals surface area (Å²) in [7, 11) is 0. The molecule has 0 saturated carbocycles. The fourth-order valence-corrected chi connectivity index (χ4v) is 4.00. The molecule has 5 nitrogen and oxygen atoms in total. The lowest BCUT2D eigenvalue weighted by molar-refractivity contribution is -0.136. The van der Waals surface area contributed by atoms with Crippen molar-refractivity contribution in [2.45, 2.75) is 19.1 Å². The van der Waals surface area contributed by atoms with Crippen molar-refractivity contribution in [1.29, 1.82) is 0 Å². The summed E-state index contributed by atoms with van der Waals surface area (Å²) in [6.45, 7) is 5.46. The molecule has 0 fully saturated rings. The maximum atomic E-state index is 13.9. The number of aromatic nitrogens is 2. The monoisotopic (exact) mass is 511 g/mol. The Morgan fingerprint density at radius 1 is 1.19 bits per heavy atom. The highest BCUT2D eigenvalue weighted by molar-refractivity contribution is 6.33. The molecule has 184 valence electrons. The smallest absolute Gasteiger partial charge is 0.420 e. The van der Waals surface area contributed by atoms with Gasteiger partial charge in [-0.1, -0.05) is 72.8 Å². The van der Waals surface area contributed by atoms with Crippen molar-refractivity contribution in [2.24, 2.45) is 0 Å². The van der Waals surface area contributed by atoms with Crippen molar-refractivity contribution in [3.8, 4) is 11.1 Å². The molecule has 0 aliphatic carbocycles. The first-order valence-electron chi connectivity index (χ1n) is 10.8. The Hall–Kier alpha value is -4.04. The minimum absolute atomic E-state index is 0.213. The van der Waals surface area contributed by atoms with E-state index in [0.29, 0.717) is 5.56 Å². The summed E-state index contributed by atoms with van der Waals surface area (Å²) in [5.41, 5.74) is 0.396. The number of imidazole rings is 1. The summed E-state index contributed by atoms with van der Waals surface area (Å²) < 4.78 is 47.8. The van der Waals surface area contributed by atoms with Crippen LogP contribution < -0.4 is 5.32 Å². The highest BCUT2D eigenvalue weighted by Crippen LogP contribution is 2.37. The van der Waals surface area contributed by atoms with Crippen LogP contribution in [0.5, 0.6) is 0 Å². The predicted molar refractivity (Wildman–Crippen MR) is 133 cm³/mol. The number of benzene rings is 1. The summed E-state index contributed by atoms with van der Waals surface area (Å²) in [6.07, 6.45) is 6.27. The van der Waals surface area contributed by atoms with E-state index in [0.717, 1.165) is 21.6 Å². The van der Waals surface area contributed by atoms with Crippen LogP contribution >= 0.6 is 11.6 Å². The summed E-state index contributed by atoms with van der Waals surface area (Å²) in [5, 5.41) is 2.62. The number of carbonyl (C=O) groups is 1. The molecule has 1 unspecified atom stereocenters. The second-order valence-electron chi connectivity index (χ2n) is 7.95. The Morgan fingerprint density at radius 2 is 1.94 bits per heavy atom. The van der Waals surface area contributed by atoms with Gasteiger partial charge in [-0.25, -0.2) is 4.98 Å². The zero-order valence-electron chi connectivity index (χ0n) is 19.1. The number of amides is 1. The molecule has 1 atom stereocenters. The number of hydrogen-bond acceptors (Lipinski definition) is 3. The third-order valence-corrected chi connectivity index (χ3v) is 5.87. The minimum Gasteiger partial charge on any atom is -0.472 e. The molecule has 1 aromatic carbocycles. The first-order valence-corrected chi connectivity index (χ1v) is 11.2. The van der Waals surface area contributed by atoms with Gasteiger partial charge in [0.1, 0.15) is 5.15 Å². The van der Waals surface area contributed by atoms with Crippen molar-refractivity contribution < 1.29 is 22.4 Å². The number of hydrogen-bond donors (Lipinski definition) is 1. The molecule has 9 heteroatoms. The lowest BCUT2D eigenvalue weighted by Crippen LogP contribution is -2.29. The Balaban J connectivity index is 1.79. The normalized spacial score (nSPS) is 13.3. The van der Waals surface area contributed by atoms with Crippen LogP contribution in [0.15, 0.2) is 102 Å². The second kappa shape index (κ2) is 10.3. The third-order valence-electron chi connectivity index (χ3n) is 5.51. The highest BCUT2D eigenvalue weighted by Gasteiger charge is 2.36. The summed E-state index contributed by atoms with van der Waals surface area (Å²) in [5.74, 6) is -0.712. The van der Waals surface area contributed by atoms with Gasteiger partial charge in [0.2, 0.25) is 0 Å². The molecule has 4 aromatic rings. The lowest BCUT2D eigenvalue weighted by atomic mass is 9.99. The number of allylic oxidation sites excluding steroid dienone is 4. The molecule has 0 aliphatic rings. The summed E-state index contributed by atoms with van der Waals surface area (Å²) in [4.78, 5) is 17.3. The van der Waals surface area contributed by atoms with E-state index in [1.807, 2.05) is 43.3 Å². The van der Waals surface area contributed by atoms with E-state index < -0.39 is 29.3 Å². The number of nitrogens with zero attached hydrogens (tertiary/aromatic N) is 2. The van der Waals surface area contributed by atoms with E-state index in [1.54, 1.807) is 18.2 Å². The zero-order valence-corrected chi connectivity index (χ0v) is 19.8. The van der Waals surface area contributed by atoms with Crippen molar-refractivity contribution in [3.05, 3.63) is 120 Å². The number of nitrogens with one attached hydrogen (secondary N) is 1. The van der Waals surface area contributed by atoms with Gasteiger partial charge in [-0.15, -0.1) is 0 Å². The van der Waals surface area contributed by atoms with Gasteiger partial charge in [0.05, 0.1) is 24.1 Å². The topological polar surface area (TPSA) is 59.5 Å². The van der Waals surface area contributed by atoms with Gasteiger partial charge < -0.3 is 9.73 Å². The maximum Gasteiger partial charge on any atom is 0.420 e. The van der Waals surface area contributed by atoms with E-state index >= 15 is 0 Å². The van der Waals surface area contributed by atoms with Gasteiger partial charge in [-0.05, 0) is 30.2 Å². The van der Waals surface area contributed by atoms with E-state index in [4.69, 9.17) is 16.0 Å².